The van der Waals surface area contributed by atoms with Gasteiger partial charge in [0, 0.05) is 24.5 Å². The van der Waals surface area contributed by atoms with Crippen molar-refractivity contribution in [3.05, 3.63) is 40.4 Å². The molecule has 2 heterocycles. The maximum absolute atomic E-state index is 13.0. The summed E-state index contributed by atoms with van der Waals surface area (Å²) >= 11 is 1.24. The minimum atomic E-state index is -0.465. The van der Waals surface area contributed by atoms with Crippen LogP contribution in [0.5, 0.6) is 22.7 Å². The smallest absolute Gasteiger partial charge is 0.279 e. The molecule has 3 aromatic rings. The van der Waals surface area contributed by atoms with Gasteiger partial charge in [0.05, 0.1) is 14.2 Å². The lowest BCUT2D eigenvalue weighted by Crippen LogP contribution is -2.28. The van der Waals surface area contributed by atoms with Crippen molar-refractivity contribution in [2.45, 2.75) is 53.0 Å². The maximum atomic E-state index is 13.0. The van der Waals surface area contributed by atoms with Crippen LogP contribution in [0.15, 0.2) is 23.6 Å². The van der Waals surface area contributed by atoms with E-state index < -0.39 is 5.91 Å². The number of rotatable bonds is 11. The third-order valence-electron chi connectivity index (χ3n) is 5.40. The third-order valence-corrected chi connectivity index (χ3v) is 6.11. The number of ether oxygens (including phenoxy) is 3. The average molecular weight is 529 g/mol. The topological polar surface area (TPSA) is 120 Å². The lowest BCUT2D eigenvalue weighted by atomic mass is 9.86. The first-order valence-electron chi connectivity index (χ1n) is 12.0. The van der Waals surface area contributed by atoms with Crippen LogP contribution in [0.1, 0.15) is 56.2 Å². The van der Waals surface area contributed by atoms with Crippen molar-refractivity contribution in [3.63, 3.8) is 0 Å². The van der Waals surface area contributed by atoms with Crippen LogP contribution in [0.3, 0.4) is 0 Å². The van der Waals surface area contributed by atoms with E-state index in [1.165, 1.54) is 25.6 Å². The number of nitrogens with zero attached hydrogens (tertiary/aromatic N) is 3. The van der Waals surface area contributed by atoms with Gasteiger partial charge in [-0.05, 0) is 29.5 Å². The molecule has 1 aromatic carbocycles. The zero-order valence-corrected chi connectivity index (χ0v) is 23.5. The standard InChI is InChI=1S/C26H36N6O4S/c1-15(2)27-11-12-28-24-31-22(34-7)20(23(32-24)35-8)30-21(33)18-14-37-25(29-18)36-19-13-17(26(4,5)6)10-9-16(19)3/h9-10,13-15,27H,11-12H2,1-8H3,(H,30,33)(H,28,31,32). The summed E-state index contributed by atoms with van der Waals surface area (Å²) in [7, 11) is 2.93. The Labute approximate surface area is 222 Å². The number of benzene rings is 1. The van der Waals surface area contributed by atoms with Crippen LogP contribution in [0.4, 0.5) is 11.6 Å². The molecular formula is C26H36N6O4S. The number of methoxy groups -OCH3 is 2. The highest BCUT2D eigenvalue weighted by Crippen LogP contribution is 2.35. The Morgan fingerprint density at radius 1 is 1.05 bits per heavy atom. The highest BCUT2D eigenvalue weighted by Gasteiger charge is 2.22. The third kappa shape index (κ3) is 7.53. The minimum absolute atomic E-state index is 0.0179. The van der Waals surface area contributed by atoms with Gasteiger partial charge in [-0.1, -0.05) is 58.1 Å². The zero-order valence-electron chi connectivity index (χ0n) is 22.7. The largest absolute Gasteiger partial charge is 0.479 e. The summed E-state index contributed by atoms with van der Waals surface area (Å²) in [5.41, 5.74) is 2.52. The highest BCUT2D eigenvalue weighted by atomic mass is 32.1. The van der Waals surface area contributed by atoms with E-state index in [0.717, 1.165) is 17.7 Å². The van der Waals surface area contributed by atoms with Gasteiger partial charge in [-0.25, -0.2) is 0 Å². The number of amides is 1. The lowest BCUT2D eigenvalue weighted by molar-refractivity contribution is 0.102. The van der Waals surface area contributed by atoms with Crippen LogP contribution in [-0.4, -0.2) is 54.2 Å². The number of anilines is 2. The van der Waals surface area contributed by atoms with E-state index in [-0.39, 0.29) is 28.6 Å². The van der Waals surface area contributed by atoms with E-state index in [1.54, 1.807) is 5.38 Å². The van der Waals surface area contributed by atoms with Gasteiger partial charge in [0.15, 0.2) is 5.69 Å². The van der Waals surface area contributed by atoms with E-state index >= 15 is 0 Å². The molecule has 0 aliphatic carbocycles. The molecule has 3 N–H and O–H groups in total. The van der Waals surface area contributed by atoms with E-state index in [2.05, 4.69) is 71.6 Å². The minimum Gasteiger partial charge on any atom is -0.479 e. The fourth-order valence-electron chi connectivity index (χ4n) is 3.29. The van der Waals surface area contributed by atoms with Gasteiger partial charge in [0.25, 0.3) is 11.1 Å². The summed E-state index contributed by atoms with van der Waals surface area (Å²) in [4.78, 5) is 26.1. The van der Waals surface area contributed by atoms with Gasteiger partial charge >= 0.3 is 0 Å². The van der Waals surface area contributed by atoms with Crippen LogP contribution in [0.2, 0.25) is 0 Å². The molecule has 200 valence electrons. The first kappa shape index (κ1) is 28.1. The van der Waals surface area contributed by atoms with Crippen LogP contribution in [0, 0.1) is 6.92 Å². The Morgan fingerprint density at radius 3 is 2.32 bits per heavy atom. The monoisotopic (exact) mass is 528 g/mol. The van der Waals surface area contributed by atoms with Crippen molar-refractivity contribution in [1.29, 1.82) is 0 Å². The number of hydrogen-bond acceptors (Lipinski definition) is 10. The van der Waals surface area contributed by atoms with Gasteiger partial charge in [0.1, 0.15) is 11.4 Å². The molecule has 0 saturated heterocycles. The molecule has 0 aliphatic rings. The fourth-order valence-corrected chi connectivity index (χ4v) is 3.95. The number of aryl methyl sites for hydroxylation is 1. The second-order valence-electron chi connectivity index (χ2n) is 9.76. The maximum Gasteiger partial charge on any atom is 0.279 e. The summed E-state index contributed by atoms with van der Waals surface area (Å²) in [5.74, 6) is 0.904. The molecule has 3 rings (SSSR count). The Hall–Kier alpha value is -3.44. The van der Waals surface area contributed by atoms with E-state index in [0.29, 0.717) is 29.5 Å². The number of carbonyl (C=O) groups excluding carboxylic acids is 1. The van der Waals surface area contributed by atoms with Crippen LogP contribution < -0.4 is 30.2 Å². The van der Waals surface area contributed by atoms with Crippen molar-refractivity contribution < 1.29 is 19.0 Å². The summed E-state index contributed by atoms with van der Waals surface area (Å²) in [5, 5.41) is 11.2. The van der Waals surface area contributed by atoms with Crippen molar-refractivity contribution in [1.82, 2.24) is 20.3 Å². The van der Waals surface area contributed by atoms with Crippen LogP contribution in [0.25, 0.3) is 0 Å². The summed E-state index contributed by atoms with van der Waals surface area (Å²) in [6.45, 7) is 13.9. The molecule has 0 atom stereocenters. The Bertz CT molecular complexity index is 1200. The summed E-state index contributed by atoms with van der Waals surface area (Å²) in [6.07, 6.45) is 0. The highest BCUT2D eigenvalue weighted by molar-refractivity contribution is 7.11. The quantitative estimate of drug-likeness (QED) is 0.295. The second kappa shape index (κ2) is 12.2. The molecule has 0 unspecified atom stereocenters. The molecular weight excluding hydrogens is 492 g/mol. The Morgan fingerprint density at radius 2 is 1.73 bits per heavy atom. The van der Waals surface area contributed by atoms with Crippen molar-refractivity contribution in [2.75, 3.05) is 37.9 Å². The normalized spacial score (nSPS) is 11.4. The molecule has 0 spiro atoms. The van der Waals surface area contributed by atoms with Crippen molar-refractivity contribution >= 4 is 28.9 Å². The molecule has 1 amide bonds. The number of hydrogen-bond donors (Lipinski definition) is 3. The van der Waals surface area contributed by atoms with Gasteiger partial charge in [-0.3, -0.25) is 4.79 Å². The molecule has 11 heteroatoms. The molecule has 2 aromatic heterocycles. The SMILES string of the molecule is COc1nc(NCCNC(C)C)nc(OC)c1NC(=O)c1csc(Oc2cc(C(C)(C)C)ccc2C)n1. The lowest BCUT2D eigenvalue weighted by Gasteiger charge is -2.20. The molecule has 37 heavy (non-hydrogen) atoms. The van der Waals surface area contributed by atoms with E-state index in [4.69, 9.17) is 14.2 Å². The van der Waals surface area contributed by atoms with Crippen molar-refractivity contribution in [3.8, 4) is 22.7 Å². The first-order chi connectivity index (χ1) is 17.5. The molecule has 0 bridgehead atoms. The summed E-state index contributed by atoms with van der Waals surface area (Å²) in [6, 6.07) is 6.50. The van der Waals surface area contributed by atoms with E-state index in [9.17, 15) is 4.79 Å². The van der Waals surface area contributed by atoms with Gasteiger partial charge in [-0.2, -0.15) is 15.0 Å². The molecule has 0 fully saturated rings. The number of nitrogens with one attached hydrogen (secondary N) is 3. The predicted octanol–water partition coefficient (Wildman–Crippen LogP) is 5.01. The van der Waals surface area contributed by atoms with Gasteiger partial charge < -0.3 is 30.2 Å². The Kier molecular flexibility index (Phi) is 9.28. The second-order valence-corrected chi connectivity index (χ2v) is 10.6. The number of thiazole rings is 1. The van der Waals surface area contributed by atoms with E-state index in [1.807, 2.05) is 19.1 Å². The molecule has 0 aliphatic heterocycles. The van der Waals surface area contributed by atoms with Gasteiger partial charge in [0.2, 0.25) is 17.7 Å². The molecule has 0 radical (unpaired) electrons. The predicted molar refractivity (Wildman–Crippen MR) is 147 cm³/mol. The van der Waals surface area contributed by atoms with Crippen LogP contribution in [-0.2, 0) is 5.41 Å². The molecule has 10 nitrogen and oxygen atoms in total. The van der Waals surface area contributed by atoms with Crippen molar-refractivity contribution in [2.24, 2.45) is 0 Å². The average Bonchev–Trinajstić information content (AvgIpc) is 3.31. The number of aromatic nitrogens is 3. The zero-order chi connectivity index (χ0) is 27.2. The van der Waals surface area contributed by atoms with Crippen LogP contribution >= 0.6 is 11.3 Å². The Balaban J connectivity index is 1.74. The fraction of sp³-hybridized carbons (Fsp3) is 0.462. The van der Waals surface area contributed by atoms with Gasteiger partial charge in [-0.15, -0.1) is 0 Å². The number of carbonyl (C=O) groups is 1. The first-order valence-corrected chi connectivity index (χ1v) is 12.9. The molecule has 0 saturated carbocycles. The summed E-state index contributed by atoms with van der Waals surface area (Å²) < 4.78 is 16.8.